The molecule has 1 saturated carbocycles. The maximum absolute atomic E-state index is 12.7. The first-order chi connectivity index (χ1) is 13.2. The average Bonchev–Trinajstić information content (AvgIpc) is 3.38. The molecule has 6 nitrogen and oxygen atoms in total. The van der Waals surface area contributed by atoms with E-state index in [1.807, 2.05) is 4.68 Å². The lowest BCUT2D eigenvalue weighted by Gasteiger charge is -2.30. The van der Waals surface area contributed by atoms with Crippen molar-refractivity contribution in [1.82, 2.24) is 25.6 Å². The van der Waals surface area contributed by atoms with Crippen molar-refractivity contribution < 1.29 is 4.79 Å². The summed E-state index contributed by atoms with van der Waals surface area (Å²) in [5, 5.41) is 14.8. The van der Waals surface area contributed by atoms with E-state index in [0.717, 1.165) is 38.8 Å². The number of halogens is 1. The number of carbonyl (C=O) groups is 1. The Kier molecular flexibility index (Phi) is 6.73. The standard InChI is InChI=1S/C21H29N5O.ClH/c1-16-5-4-6-17(13-16)21(9-2-3-10-21)15-23-20(27)19-14-26(25-24-19)18-7-11-22-12-8-18;/h4-6,13-14,18,22H,2-3,7-12,15H2,1H3,(H,23,27);1H. The second kappa shape index (κ2) is 9.05. The Morgan fingerprint density at radius 2 is 2.04 bits per heavy atom. The number of carbonyl (C=O) groups excluding carboxylic acids is 1. The van der Waals surface area contributed by atoms with Crippen molar-refractivity contribution in [1.29, 1.82) is 0 Å². The molecule has 7 heteroatoms. The van der Waals surface area contributed by atoms with Gasteiger partial charge in [-0.3, -0.25) is 4.79 Å². The van der Waals surface area contributed by atoms with Gasteiger partial charge in [-0.05, 0) is 51.3 Å². The molecule has 0 bridgehead atoms. The Bertz CT molecular complexity index is 794. The van der Waals surface area contributed by atoms with E-state index in [0.29, 0.717) is 18.3 Å². The van der Waals surface area contributed by atoms with E-state index in [-0.39, 0.29) is 23.7 Å². The topological polar surface area (TPSA) is 71.8 Å². The number of hydrogen-bond acceptors (Lipinski definition) is 4. The number of hydrogen-bond donors (Lipinski definition) is 2. The lowest BCUT2D eigenvalue weighted by Crippen LogP contribution is -2.39. The molecule has 2 N–H and O–H groups in total. The van der Waals surface area contributed by atoms with Crippen LogP contribution in [-0.4, -0.2) is 40.5 Å². The van der Waals surface area contributed by atoms with Crippen LogP contribution in [0.3, 0.4) is 0 Å². The van der Waals surface area contributed by atoms with Crippen LogP contribution in [0.15, 0.2) is 30.5 Å². The van der Waals surface area contributed by atoms with Crippen LogP contribution in [-0.2, 0) is 5.41 Å². The van der Waals surface area contributed by atoms with Crippen molar-refractivity contribution in [3.8, 4) is 0 Å². The van der Waals surface area contributed by atoms with E-state index in [1.54, 1.807) is 6.20 Å². The first kappa shape index (κ1) is 20.8. The number of aryl methyl sites for hydroxylation is 1. The third kappa shape index (κ3) is 4.39. The fraction of sp³-hybridized carbons (Fsp3) is 0.571. The molecular weight excluding hydrogens is 374 g/mol. The maximum atomic E-state index is 12.7. The Hall–Kier alpha value is -1.92. The molecule has 0 spiro atoms. The molecule has 152 valence electrons. The van der Waals surface area contributed by atoms with Gasteiger partial charge in [-0.2, -0.15) is 0 Å². The first-order valence-corrected chi connectivity index (χ1v) is 10.1. The molecule has 1 saturated heterocycles. The quantitative estimate of drug-likeness (QED) is 0.804. The van der Waals surface area contributed by atoms with Gasteiger partial charge in [0.25, 0.3) is 5.91 Å². The summed E-state index contributed by atoms with van der Waals surface area (Å²) in [5.41, 5.74) is 3.09. The van der Waals surface area contributed by atoms with E-state index in [1.165, 1.54) is 24.0 Å². The lowest BCUT2D eigenvalue weighted by atomic mass is 9.78. The van der Waals surface area contributed by atoms with Gasteiger partial charge in [0.15, 0.2) is 5.69 Å². The summed E-state index contributed by atoms with van der Waals surface area (Å²) in [4.78, 5) is 12.7. The summed E-state index contributed by atoms with van der Waals surface area (Å²) in [6.45, 7) is 4.77. The monoisotopic (exact) mass is 403 g/mol. The molecular formula is C21H30ClN5O. The third-order valence-electron chi connectivity index (χ3n) is 6.20. The van der Waals surface area contributed by atoms with Gasteiger partial charge in [0.2, 0.25) is 0 Å². The van der Waals surface area contributed by atoms with Crippen LogP contribution in [0.4, 0.5) is 0 Å². The second-order valence-corrected chi connectivity index (χ2v) is 8.10. The van der Waals surface area contributed by atoms with Gasteiger partial charge < -0.3 is 10.6 Å². The Morgan fingerprint density at radius 3 is 2.75 bits per heavy atom. The van der Waals surface area contributed by atoms with Crippen LogP contribution in [0.1, 0.15) is 66.2 Å². The number of aromatic nitrogens is 3. The molecule has 1 aromatic heterocycles. The van der Waals surface area contributed by atoms with E-state index in [2.05, 4.69) is 52.1 Å². The zero-order valence-corrected chi connectivity index (χ0v) is 17.3. The molecule has 1 amide bonds. The molecule has 0 atom stereocenters. The second-order valence-electron chi connectivity index (χ2n) is 8.10. The fourth-order valence-corrected chi connectivity index (χ4v) is 4.56. The summed E-state index contributed by atoms with van der Waals surface area (Å²) in [6, 6.07) is 9.07. The Morgan fingerprint density at radius 1 is 1.29 bits per heavy atom. The van der Waals surface area contributed by atoms with Gasteiger partial charge in [0.1, 0.15) is 0 Å². The molecule has 1 aliphatic heterocycles. The normalized spacial score (nSPS) is 19.2. The van der Waals surface area contributed by atoms with Crippen molar-refractivity contribution in [2.75, 3.05) is 19.6 Å². The van der Waals surface area contributed by atoms with Crippen LogP contribution in [0.25, 0.3) is 0 Å². The minimum Gasteiger partial charge on any atom is -0.350 e. The predicted octanol–water partition coefficient (Wildman–Crippen LogP) is 3.17. The number of piperidine rings is 1. The Labute approximate surface area is 172 Å². The van der Waals surface area contributed by atoms with E-state index >= 15 is 0 Å². The summed E-state index contributed by atoms with van der Waals surface area (Å²) < 4.78 is 1.86. The van der Waals surface area contributed by atoms with Gasteiger partial charge in [-0.1, -0.05) is 47.9 Å². The lowest BCUT2D eigenvalue weighted by molar-refractivity contribution is 0.0938. The molecule has 0 radical (unpaired) electrons. The number of rotatable bonds is 5. The maximum Gasteiger partial charge on any atom is 0.273 e. The van der Waals surface area contributed by atoms with Crippen LogP contribution in [0.5, 0.6) is 0 Å². The zero-order chi connectivity index (χ0) is 18.7. The zero-order valence-electron chi connectivity index (χ0n) is 16.5. The van der Waals surface area contributed by atoms with E-state index < -0.39 is 0 Å². The smallest absolute Gasteiger partial charge is 0.273 e. The third-order valence-corrected chi connectivity index (χ3v) is 6.20. The highest BCUT2D eigenvalue weighted by Crippen LogP contribution is 2.40. The summed E-state index contributed by atoms with van der Waals surface area (Å²) in [7, 11) is 0. The molecule has 1 aromatic carbocycles. The largest absolute Gasteiger partial charge is 0.350 e. The van der Waals surface area contributed by atoms with Crippen molar-refractivity contribution in [3.05, 3.63) is 47.3 Å². The van der Waals surface area contributed by atoms with E-state index in [9.17, 15) is 4.79 Å². The van der Waals surface area contributed by atoms with Gasteiger partial charge in [0, 0.05) is 12.0 Å². The van der Waals surface area contributed by atoms with Crippen molar-refractivity contribution in [3.63, 3.8) is 0 Å². The molecule has 0 unspecified atom stereocenters. The average molecular weight is 404 g/mol. The Balaban J connectivity index is 0.00000225. The highest BCUT2D eigenvalue weighted by Gasteiger charge is 2.36. The summed E-state index contributed by atoms with van der Waals surface area (Å²) in [5.74, 6) is -0.117. The van der Waals surface area contributed by atoms with Crippen molar-refractivity contribution in [2.45, 2.75) is 56.9 Å². The highest BCUT2D eigenvalue weighted by atomic mass is 35.5. The SMILES string of the molecule is Cc1cccc(C2(CNC(=O)c3cn(C4CCNCC4)nn3)CCCC2)c1.Cl. The summed E-state index contributed by atoms with van der Waals surface area (Å²) >= 11 is 0. The van der Waals surface area contributed by atoms with Gasteiger partial charge >= 0.3 is 0 Å². The number of amides is 1. The van der Waals surface area contributed by atoms with E-state index in [4.69, 9.17) is 0 Å². The van der Waals surface area contributed by atoms with Crippen molar-refractivity contribution in [2.24, 2.45) is 0 Å². The highest BCUT2D eigenvalue weighted by molar-refractivity contribution is 5.91. The molecule has 28 heavy (non-hydrogen) atoms. The molecule has 2 aliphatic rings. The molecule has 4 rings (SSSR count). The summed E-state index contributed by atoms with van der Waals surface area (Å²) in [6.07, 6.45) is 8.55. The van der Waals surface area contributed by atoms with Crippen LogP contribution in [0.2, 0.25) is 0 Å². The van der Waals surface area contributed by atoms with Crippen LogP contribution >= 0.6 is 12.4 Å². The van der Waals surface area contributed by atoms with Crippen LogP contribution in [0, 0.1) is 6.92 Å². The molecule has 2 aromatic rings. The van der Waals surface area contributed by atoms with Crippen molar-refractivity contribution >= 4 is 18.3 Å². The van der Waals surface area contributed by atoms with Gasteiger partial charge in [-0.15, -0.1) is 17.5 Å². The number of benzene rings is 1. The van der Waals surface area contributed by atoms with Crippen LogP contribution < -0.4 is 10.6 Å². The molecule has 2 fully saturated rings. The molecule has 2 heterocycles. The molecule has 1 aliphatic carbocycles. The fourth-order valence-electron chi connectivity index (χ4n) is 4.56. The first-order valence-electron chi connectivity index (χ1n) is 10.1. The van der Waals surface area contributed by atoms with Gasteiger partial charge in [0.05, 0.1) is 12.2 Å². The minimum absolute atomic E-state index is 0. The predicted molar refractivity (Wildman–Crippen MR) is 112 cm³/mol. The number of nitrogens with one attached hydrogen (secondary N) is 2. The number of nitrogens with zero attached hydrogens (tertiary/aromatic N) is 3. The minimum atomic E-state index is -0.117. The van der Waals surface area contributed by atoms with Gasteiger partial charge in [-0.25, -0.2) is 4.68 Å².